The lowest BCUT2D eigenvalue weighted by Gasteiger charge is -2.21. The van der Waals surface area contributed by atoms with Crippen molar-refractivity contribution in [3.63, 3.8) is 0 Å². The molecular weight excluding hydrogens is 478 g/mol. The van der Waals surface area contributed by atoms with E-state index in [1.807, 2.05) is 48.8 Å². The molecule has 39 heavy (non-hydrogen) atoms. The van der Waals surface area contributed by atoms with Crippen molar-refractivity contribution >= 4 is 21.8 Å². The molecule has 0 amide bonds. The molecule has 0 atom stereocenters. The zero-order chi connectivity index (χ0) is 26.1. The molecule has 2 aromatic carbocycles. The number of aromatic nitrogens is 5. The van der Waals surface area contributed by atoms with E-state index >= 15 is 0 Å². The van der Waals surface area contributed by atoms with Gasteiger partial charge < -0.3 is 9.13 Å². The normalized spacial score (nSPS) is 13.6. The second kappa shape index (κ2) is 7.98. The lowest BCUT2D eigenvalue weighted by atomic mass is 9.83. The van der Waals surface area contributed by atoms with Crippen LogP contribution in [-0.4, -0.2) is 24.1 Å². The quantitative estimate of drug-likeness (QED) is 0.248. The maximum Gasteiger partial charge on any atom is 0.0915 e. The van der Waals surface area contributed by atoms with Crippen molar-refractivity contribution in [1.82, 2.24) is 24.1 Å². The number of benzene rings is 2. The van der Waals surface area contributed by atoms with Crippen molar-refractivity contribution in [2.75, 3.05) is 0 Å². The zero-order valence-corrected chi connectivity index (χ0v) is 21.7. The molecule has 5 aromatic heterocycles. The van der Waals surface area contributed by atoms with Gasteiger partial charge in [0.15, 0.2) is 0 Å². The number of para-hydroxylation sites is 2. The molecule has 5 nitrogen and oxygen atoms in total. The molecule has 0 unspecified atom stereocenters. The molecule has 6 heterocycles. The van der Waals surface area contributed by atoms with Gasteiger partial charge in [-0.15, -0.1) is 0 Å². The van der Waals surface area contributed by atoms with Crippen LogP contribution < -0.4 is 0 Å². The maximum absolute atomic E-state index is 5.02. The summed E-state index contributed by atoms with van der Waals surface area (Å²) in [4.78, 5) is 14.3. The van der Waals surface area contributed by atoms with Crippen LogP contribution in [0.15, 0.2) is 116 Å². The summed E-state index contributed by atoms with van der Waals surface area (Å²) < 4.78 is 4.80. The molecule has 186 valence electrons. The molecule has 0 spiro atoms. The van der Waals surface area contributed by atoms with Crippen LogP contribution in [0.1, 0.15) is 25.1 Å². The summed E-state index contributed by atoms with van der Waals surface area (Å²) in [5.74, 6) is 0. The number of pyridine rings is 3. The van der Waals surface area contributed by atoms with Gasteiger partial charge in [0.1, 0.15) is 0 Å². The van der Waals surface area contributed by atoms with Gasteiger partial charge in [0.25, 0.3) is 0 Å². The molecule has 0 aliphatic carbocycles. The Morgan fingerprint density at radius 1 is 0.641 bits per heavy atom. The van der Waals surface area contributed by atoms with Crippen LogP contribution >= 0.6 is 0 Å². The molecule has 5 heteroatoms. The van der Waals surface area contributed by atoms with Gasteiger partial charge in [-0.3, -0.25) is 9.97 Å². The molecule has 0 N–H and O–H groups in total. The first-order valence-corrected chi connectivity index (χ1v) is 13.2. The molecule has 7 aromatic rings. The van der Waals surface area contributed by atoms with E-state index in [0.29, 0.717) is 0 Å². The first kappa shape index (κ1) is 22.0. The first-order valence-electron chi connectivity index (χ1n) is 13.2. The monoisotopic (exact) mass is 503 g/mol. The van der Waals surface area contributed by atoms with Gasteiger partial charge >= 0.3 is 0 Å². The average Bonchev–Trinajstić information content (AvgIpc) is 3.59. The third kappa shape index (κ3) is 3.10. The van der Waals surface area contributed by atoms with E-state index in [0.717, 1.165) is 28.5 Å². The highest BCUT2D eigenvalue weighted by Gasteiger charge is 2.39. The third-order valence-corrected chi connectivity index (χ3v) is 7.99. The minimum Gasteiger partial charge on any atom is -0.317 e. The van der Waals surface area contributed by atoms with Crippen molar-refractivity contribution in [2.24, 2.45) is 0 Å². The fourth-order valence-electron chi connectivity index (χ4n) is 6.27. The van der Waals surface area contributed by atoms with Gasteiger partial charge in [-0.05, 0) is 54.1 Å². The Morgan fingerprint density at radius 2 is 1.28 bits per heavy atom. The van der Waals surface area contributed by atoms with Crippen molar-refractivity contribution < 1.29 is 0 Å². The first-order chi connectivity index (χ1) is 19.1. The summed E-state index contributed by atoms with van der Waals surface area (Å²) in [7, 11) is 0. The Hall–Kier alpha value is -5.03. The van der Waals surface area contributed by atoms with Crippen molar-refractivity contribution in [2.45, 2.75) is 19.3 Å². The van der Waals surface area contributed by atoms with Crippen LogP contribution in [0.4, 0.5) is 0 Å². The van der Waals surface area contributed by atoms with Crippen LogP contribution in [0, 0.1) is 0 Å². The van der Waals surface area contributed by atoms with Gasteiger partial charge in [-0.25, -0.2) is 4.98 Å². The zero-order valence-electron chi connectivity index (χ0n) is 21.7. The summed E-state index contributed by atoms with van der Waals surface area (Å²) in [5, 5.41) is 2.48. The number of nitrogens with zero attached hydrogens (tertiary/aromatic N) is 5. The van der Waals surface area contributed by atoms with E-state index in [4.69, 9.17) is 4.98 Å². The molecule has 0 bridgehead atoms. The average molecular weight is 504 g/mol. The lowest BCUT2D eigenvalue weighted by molar-refractivity contribution is 0.646. The van der Waals surface area contributed by atoms with E-state index in [-0.39, 0.29) is 5.41 Å². The fraction of sp³-hybridized carbons (Fsp3) is 0.0882. The van der Waals surface area contributed by atoms with Crippen LogP contribution in [0.5, 0.6) is 0 Å². The Morgan fingerprint density at radius 3 is 1.97 bits per heavy atom. The second-order valence-corrected chi connectivity index (χ2v) is 10.6. The summed E-state index contributed by atoms with van der Waals surface area (Å²) in [5.41, 5.74) is 10.5. The van der Waals surface area contributed by atoms with Crippen molar-refractivity contribution in [1.29, 1.82) is 0 Å². The number of fused-ring (bicyclic) bond motifs is 7. The minimum absolute atomic E-state index is 0.162. The van der Waals surface area contributed by atoms with Gasteiger partial charge in [0.2, 0.25) is 0 Å². The van der Waals surface area contributed by atoms with E-state index in [1.54, 1.807) is 0 Å². The van der Waals surface area contributed by atoms with Crippen LogP contribution in [0.2, 0.25) is 0 Å². The topological polar surface area (TPSA) is 48.5 Å². The summed E-state index contributed by atoms with van der Waals surface area (Å²) >= 11 is 0. The highest BCUT2D eigenvalue weighted by Crippen LogP contribution is 2.49. The predicted octanol–water partition coefficient (Wildman–Crippen LogP) is 7.73. The molecule has 8 rings (SSSR count). The summed E-state index contributed by atoms with van der Waals surface area (Å²) in [6.07, 6.45) is 5.94. The molecule has 1 aliphatic heterocycles. The Balaban J connectivity index is 1.49. The molecule has 1 aliphatic rings. The highest BCUT2D eigenvalue weighted by atomic mass is 15.1. The summed E-state index contributed by atoms with van der Waals surface area (Å²) in [6.45, 7) is 4.66. The summed E-state index contributed by atoms with van der Waals surface area (Å²) in [6, 6.07) is 33.6. The SMILES string of the molecule is CC1(C)c2ccccc2-n2cc3c4ccccc4n(-c4cc(-c5ccccn5)nc(-c5ccccn5)c4)c3c21. The molecule has 0 saturated heterocycles. The molecule has 0 fully saturated rings. The van der Waals surface area contributed by atoms with Crippen molar-refractivity contribution in [3.8, 4) is 34.2 Å². The largest absolute Gasteiger partial charge is 0.317 e. The van der Waals surface area contributed by atoms with Crippen LogP contribution in [0.3, 0.4) is 0 Å². The van der Waals surface area contributed by atoms with E-state index in [1.165, 1.54) is 38.8 Å². The Bertz CT molecular complexity index is 1970. The van der Waals surface area contributed by atoms with E-state index in [2.05, 4.69) is 99.8 Å². The number of hydrogen-bond acceptors (Lipinski definition) is 3. The third-order valence-electron chi connectivity index (χ3n) is 7.99. The lowest BCUT2D eigenvalue weighted by Crippen LogP contribution is -2.16. The second-order valence-electron chi connectivity index (χ2n) is 10.6. The van der Waals surface area contributed by atoms with Gasteiger partial charge in [-0.1, -0.05) is 62.4 Å². The molecular formula is C34H25N5. The standard InChI is InChI=1S/C34H25N5/c1-34(2)25-12-4-6-16-31(25)38-21-24-23-11-3-5-15-30(23)39(32(24)33(34)38)22-19-28(26-13-7-9-17-35-26)37-29(20-22)27-14-8-10-18-36-27/h3-21H,1-2H3. The van der Waals surface area contributed by atoms with Gasteiger partial charge in [0.05, 0.1) is 45.2 Å². The van der Waals surface area contributed by atoms with Crippen LogP contribution in [-0.2, 0) is 5.41 Å². The molecule has 0 saturated carbocycles. The Kier molecular flexibility index (Phi) is 4.50. The maximum atomic E-state index is 5.02. The Labute approximate surface area is 226 Å². The minimum atomic E-state index is -0.162. The number of hydrogen-bond donors (Lipinski definition) is 0. The van der Waals surface area contributed by atoms with E-state index in [9.17, 15) is 0 Å². The fourth-order valence-corrected chi connectivity index (χ4v) is 6.27. The number of rotatable bonds is 3. The van der Waals surface area contributed by atoms with E-state index < -0.39 is 0 Å². The van der Waals surface area contributed by atoms with Gasteiger partial charge in [-0.2, -0.15) is 0 Å². The van der Waals surface area contributed by atoms with Crippen molar-refractivity contribution in [3.05, 3.63) is 127 Å². The van der Waals surface area contributed by atoms with Crippen LogP contribution in [0.25, 0.3) is 56.0 Å². The predicted molar refractivity (Wildman–Crippen MR) is 156 cm³/mol. The molecule has 0 radical (unpaired) electrons. The van der Waals surface area contributed by atoms with Gasteiger partial charge in [0, 0.05) is 40.5 Å². The smallest absolute Gasteiger partial charge is 0.0915 e. The highest BCUT2D eigenvalue weighted by molar-refractivity contribution is 6.11.